The van der Waals surface area contributed by atoms with Gasteiger partial charge in [0.25, 0.3) is 0 Å². The Kier molecular flexibility index (Phi) is 3.01. The zero-order chi connectivity index (χ0) is 13.2. The number of aromatic nitrogens is 3. The van der Waals surface area contributed by atoms with Gasteiger partial charge in [0.05, 0.1) is 0 Å². The van der Waals surface area contributed by atoms with Gasteiger partial charge in [-0.2, -0.15) is 15.4 Å². The molecule has 4 nitrogen and oxygen atoms in total. The molecule has 0 saturated heterocycles. The Labute approximate surface area is 111 Å². The first-order chi connectivity index (χ1) is 9.24. The summed E-state index contributed by atoms with van der Waals surface area (Å²) < 4.78 is 0. The molecule has 0 radical (unpaired) electrons. The fourth-order valence-electron chi connectivity index (χ4n) is 2.29. The second-order valence-electron chi connectivity index (χ2n) is 4.88. The average molecular weight is 252 g/mol. The maximum atomic E-state index is 5.81. The average Bonchev–Trinajstić information content (AvgIpc) is 2.87. The SMILES string of the molecule is C[C@@H](N)Cc1ccc(-c2cccc3n[nH]nc23)cc1. The van der Waals surface area contributed by atoms with E-state index in [4.69, 9.17) is 5.73 Å². The van der Waals surface area contributed by atoms with Gasteiger partial charge in [-0.15, -0.1) is 0 Å². The van der Waals surface area contributed by atoms with E-state index in [2.05, 4.69) is 45.7 Å². The Morgan fingerprint density at radius 2 is 1.89 bits per heavy atom. The van der Waals surface area contributed by atoms with Gasteiger partial charge in [0, 0.05) is 11.6 Å². The Bertz CT molecular complexity index is 683. The molecule has 3 rings (SSSR count). The molecule has 0 bridgehead atoms. The third kappa shape index (κ3) is 2.35. The smallest absolute Gasteiger partial charge is 0.120 e. The van der Waals surface area contributed by atoms with Crippen molar-refractivity contribution in [2.24, 2.45) is 5.73 Å². The number of para-hydroxylation sites is 1. The number of rotatable bonds is 3. The third-order valence-electron chi connectivity index (χ3n) is 3.17. The number of hydrogen-bond donors (Lipinski definition) is 2. The van der Waals surface area contributed by atoms with Crippen LogP contribution in [0.1, 0.15) is 12.5 Å². The van der Waals surface area contributed by atoms with Crippen molar-refractivity contribution in [2.75, 3.05) is 0 Å². The molecule has 1 aromatic heterocycles. The van der Waals surface area contributed by atoms with E-state index < -0.39 is 0 Å². The van der Waals surface area contributed by atoms with Crippen LogP contribution >= 0.6 is 0 Å². The Balaban J connectivity index is 2.00. The van der Waals surface area contributed by atoms with E-state index >= 15 is 0 Å². The van der Waals surface area contributed by atoms with Crippen LogP contribution in [0.5, 0.6) is 0 Å². The summed E-state index contributed by atoms with van der Waals surface area (Å²) in [6.07, 6.45) is 0.897. The molecule has 0 aliphatic heterocycles. The summed E-state index contributed by atoms with van der Waals surface area (Å²) in [6, 6.07) is 14.7. The molecule has 4 heteroatoms. The molecule has 0 unspecified atom stereocenters. The minimum absolute atomic E-state index is 0.185. The number of benzene rings is 2. The zero-order valence-corrected chi connectivity index (χ0v) is 10.8. The van der Waals surface area contributed by atoms with Crippen molar-refractivity contribution in [1.82, 2.24) is 15.4 Å². The summed E-state index contributed by atoms with van der Waals surface area (Å²) in [7, 11) is 0. The lowest BCUT2D eigenvalue weighted by atomic mass is 10.0. The first-order valence-corrected chi connectivity index (χ1v) is 6.38. The number of hydrogen-bond acceptors (Lipinski definition) is 3. The van der Waals surface area contributed by atoms with Gasteiger partial charge >= 0.3 is 0 Å². The molecule has 0 aliphatic carbocycles. The van der Waals surface area contributed by atoms with Crippen molar-refractivity contribution in [2.45, 2.75) is 19.4 Å². The molecular formula is C15H16N4. The van der Waals surface area contributed by atoms with Crippen molar-refractivity contribution in [1.29, 1.82) is 0 Å². The minimum atomic E-state index is 0.185. The van der Waals surface area contributed by atoms with Crippen LogP contribution in [-0.4, -0.2) is 21.5 Å². The molecule has 0 amide bonds. The predicted molar refractivity (Wildman–Crippen MR) is 76.7 cm³/mol. The number of H-pyrrole nitrogens is 1. The van der Waals surface area contributed by atoms with E-state index in [1.54, 1.807) is 0 Å². The Morgan fingerprint density at radius 1 is 1.11 bits per heavy atom. The molecule has 19 heavy (non-hydrogen) atoms. The quantitative estimate of drug-likeness (QED) is 0.752. The van der Waals surface area contributed by atoms with Crippen LogP contribution in [0.4, 0.5) is 0 Å². The Morgan fingerprint density at radius 3 is 2.63 bits per heavy atom. The highest BCUT2D eigenvalue weighted by molar-refractivity contribution is 5.91. The van der Waals surface area contributed by atoms with Crippen molar-refractivity contribution < 1.29 is 0 Å². The van der Waals surface area contributed by atoms with Crippen LogP contribution in [0.2, 0.25) is 0 Å². The van der Waals surface area contributed by atoms with Crippen LogP contribution in [0.25, 0.3) is 22.2 Å². The first-order valence-electron chi connectivity index (χ1n) is 6.38. The van der Waals surface area contributed by atoms with Crippen LogP contribution in [0, 0.1) is 0 Å². The lowest BCUT2D eigenvalue weighted by molar-refractivity contribution is 0.738. The second kappa shape index (κ2) is 4.82. The zero-order valence-electron chi connectivity index (χ0n) is 10.8. The van der Waals surface area contributed by atoms with Gasteiger partial charge < -0.3 is 5.73 Å². The molecule has 0 saturated carbocycles. The number of nitrogens with zero attached hydrogens (tertiary/aromatic N) is 2. The van der Waals surface area contributed by atoms with Gasteiger partial charge in [-0.1, -0.05) is 36.4 Å². The van der Waals surface area contributed by atoms with Crippen molar-refractivity contribution in [3.8, 4) is 11.1 Å². The van der Waals surface area contributed by atoms with E-state index in [1.165, 1.54) is 5.56 Å². The van der Waals surface area contributed by atoms with E-state index in [0.29, 0.717) is 0 Å². The predicted octanol–water partition coefficient (Wildman–Crippen LogP) is 2.51. The number of nitrogens with one attached hydrogen (secondary N) is 1. The van der Waals surface area contributed by atoms with Crippen molar-refractivity contribution >= 4 is 11.0 Å². The fourth-order valence-corrected chi connectivity index (χ4v) is 2.29. The van der Waals surface area contributed by atoms with E-state index in [9.17, 15) is 0 Å². The van der Waals surface area contributed by atoms with Crippen LogP contribution in [0.15, 0.2) is 42.5 Å². The van der Waals surface area contributed by atoms with E-state index in [1.807, 2.05) is 19.1 Å². The van der Waals surface area contributed by atoms with Gasteiger partial charge in [0.1, 0.15) is 11.0 Å². The number of fused-ring (bicyclic) bond motifs is 1. The molecular weight excluding hydrogens is 236 g/mol. The third-order valence-corrected chi connectivity index (χ3v) is 3.17. The molecule has 96 valence electrons. The Hall–Kier alpha value is -2.20. The normalized spacial score (nSPS) is 12.7. The summed E-state index contributed by atoms with van der Waals surface area (Å²) in [5.74, 6) is 0. The van der Waals surface area contributed by atoms with Crippen molar-refractivity contribution in [3.63, 3.8) is 0 Å². The fraction of sp³-hybridized carbons (Fsp3) is 0.200. The summed E-state index contributed by atoms with van der Waals surface area (Å²) in [4.78, 5) is 0. The maximum absolute atomic E-state index is 5.81. The van der Waals surface area contributed by atoms with E-state index in [-0.39, 0.29) is 6.04 Å². The first kappa shape index (κ1) is 11.9. The highest BCUT2D eigenvalue weighted by Gasteiger charge is 2.07. The summed E-state index contributed by atoms with van der Waals surface area (Å²) in [5.41, 5.74) is 11.1. The standard InChI is InChI=1S/C15H16N4/c1-10(16)9-11-5-7-12(8-6-11)13-3-2-4-14-15(13)18-19-17-14/h2-8,10H,9,16H2,1H3,(H,17,18,19)/t10-/m1/s1. The molecule has 1 heterocycles. The number of nitrogens with two attached hydrogens (primary N) is 1. The summed E-state index contributed by atoms with van der Waals surface area (Å²) >= 11 is 0. The van der Waals surface area contributed by atoms with Crippen LogP contribution < -0.4 is 5.73 Å². The van der Waals surface area contributed by atoms with Gasteiger partial charge in [0.15, 0.2) is 0 Å². The largest absolute Gasteiger partial charge is 0.328 e. The van der Waals surface area contributed by atoms with Gasteiger partial charge in [0.2, 0.25) is 0 Å². The van der Waals surface area contributed by atoms with Crippen molar-refractivity contribution in [3.05, 3.63) is 48.0 Å². The van der Waals surface area contributed by atoms with Gasteiger partial charge in [-0.25, -0.2) is 0 Å². The summed E-state index contributed by atoms with van der Waals surface area (Å²) in [6.45, 7) is 2.02. The lowest BCUT2D eigenvalue weighted by Crippen LogP contribution is -2.17. The van der Waals surface area contributed by atoms with E-state index in [0.717, 1.165) is 28.6 Å². The molecule has 3 aromatic rings. The summed E-state index contributed by atoms with van der Waals surface area (Å²) in [5, 5.41) is 11.0. The molecule has 0 aliphatic rings. The molecule has 0 fully saturated rings. The topological polar surface area (TPSA) is 67.6 Å². The lowest BCUT2D eigenvalue weighted by Gasteiger charge is -2.07. The maximum Gasteiger partial charge on any atom is 0.120 e. The number of aromatic amines is 1. The minimum Gasteiger partial charge on any atom is -0.328 e. The molecule has 2 aromatic carbocycles. The highest BCUT2D eigenvalue weighted by atomic mass is 15.3. The highest BCUT2D eigenvalue weighted by Crippen LogP contribution is 2.26. The monoisotopic (exact) mass is 252 g/mol. The van der Waals surface area contributed by atoms with Crippen LogP contribution in [0.3, 0.4) is 0 Å². The van der Waals surface area contributed by atoms with Gasteiger partial charge in [-0.3, -0.25) is 0 Å². The second-order valence-corrected chi connectivity index (χ2v) is 4.88. The molecule has 0 spiro atoms. The molecule has 3 N–H and O–H groups in total. The van der Waals surface area contributed by atoms with Gasteiger partial charge in [-0.05, 0) is 30.5 Å². The molecule has 1 atom stereocenters. The van der Waals surface area contributed by atoms with Crippen LogP contribution in [-0.2, 0) is 6.42 Å².